The smallest absolute Gasteiger partial charge is 0.267 e. The Labute approximate surface area is 149 Å². The summed E-state index contributed by atoms with van der Waals surface area (Å²) in [7, 11) is 0. The summed E-state index contributed by atoms with van der Waals surface area (Å²) in [6.07, 6.45) is 1.79. The fourth-order valence-corrected chi connectivity index (χ4v) is 3.84. The van der Waals surface area contributed by atoms with Gasteiger partial charge in [-0.2, -0.15) is 0 Å². The minimum absolute atomic E-state index is 0.0523. The Morgan fingerprint density at radius 2 is 1.88 bits per heavy atom. The first-order valence-corrected chi connectivity index (χ1v) is 9.33. The molecule has 0 radical (unpaired) electrons. The molecule has 6 heteroatoms. The van der Waals surface area contributed by atoms with Crippen molar-refractivity contribution < 1.29 is 4.79 Å². The largest absolute Gasteiger partial charge is 0.321 e. The number of aryl methyl sites for hydroxylation is 1. The molecular weight excluding hydrogens is 338 g/mol. The maximum Gasteiger partial charge on any atom is 0.267 e. The van der Waals surface area contributed by atoms with Crippen LogP contribution in [0.4, 0.5) is 5.69 Å². The SMILES string of the molecule is Cc1nc(C(C)(C)C)sc1C(=O)Nc1ccc(-c2nccs2)cc1. The normalized spacial score (nSPS) is 11.5. The topological polar surface area (TPSA) is 54.9 Å². The van der Waals surface area contributed by atoms with Gasteiger partial charge in [-0.25, -0.2) is 9.97 Å². The van der Waals surface area contributed by atoms with Crippen molar-refractivity contribution in [2.45, 2.75) is 33.1 Å². The summed E-state index contributed by atoms with van der Waals surface area (Å²) in [5.41, 5.74) is 2.54. The summed E-state index contributed by atoms with van der Waals surface area (Å²) in [5.74, 6) is -0.109. The predicted molar refractivity (Wildman–Crippen MR) is 101 cm³/mol. The van der Waals surface area contributed by atoms with Crippen molar-refractivity contribution in [3.05, 3.63) is 51.4 Å². The molecule has 0 aliphatic carbocycles. The van der Waals surface area contributed by atoms with Crippen LogP contribution in [-0.2, 0) is 5.41 Å². The van der Waals surface area contributed by atoms with Crippen LogP contribution in [-0.4, -0.2) is 15.9 Å². The van der Waals surface area contributed by atoms with Crippen molar-refractivity contribution in [2.24, 2.45) is 0 Å². The van der Waals surface area contributed by atoms with Gasteiger partial charge in [0.2, 0.25) is 0 Å². The maximum absolute atomic E-state index is 12.5. The lowest BCUT2D eigenvalue weighted by atomic mass is 9.98. The molecule has 0 bridgehead atoms. The van der Waals surface area contributed by atoms with Crippen LogP contribution in [0, 0.1) is 6.92 Å². The van der Waals surface area contributed by atoms with E-state index in [1.807, 2.05) is 36.6 Å². The van der Waals surface area contributed by atoms with Crippen LogP contribution in [0.25, 0.3) is 10.6 Å². The van der Waals surface area contributed by atoms with Gasteiger partial charge >= 0.3 is 0 Å². The number of anilines is 1. The van der Waals surface area contributed by atoms with Crippen LogP contribution < -0.4 is 5.32 Å². The Kier molecular flexibility index (Phi) is 4.51. The number of hydrogen-bond acceptors (Lipinski definition) is 5. The Balaban J connectivity index is 1.77. The van der Waals surface area contributed by atoms with E-state index in [1.165, 1.54) is 11.3 Å². The lowest BCUT2D eigenvalue weighted by molar-refractivity contribution is 0.103. The Morgan fingerprint density at radius 1 is 1.17 bits per heavy atom. The quantitative estimate of drug-likeness (QED) is 0.707. The third-order valence-corrected chi connectivity index (χ3v) is 5.87. The highest BCUT2D eigenvalue weighted by atomic mass is 32.1. The molecule has 3 aromatic rings. The molecule has 2 heterocycles. The van der Waals surface area contributed by atoms with Crippen LogP contribution in [0.3, 0.4) is 0 Å². The Morgan fingerprint density at radius 3 is 2.42 bits per heavy atom. The molecule has 3 rings (SSSR count). The molecule has 0 spiro atoms. The first kappa shape index (κ1) is 16.8. The monoisotopic (exact) mass is 357 g/mol. The average Bonchev–Trinajstić information content (AvgIpc) is 3.16. The average molecular weight is 358 g/mol. The number of benzene rings is 1. The number of aromatic nitrogens is 2. The van der Waals surface area contributed by atoms with Crippen LogP contribution >= 0.6 is 22.7 Å². The van der Waals surface area contributed by atoms with E-state index in [9.17, 15) is 4.79 Å². The van der Waals surface area contributed by atoms with Gasteiger partial charge in [0.1, 0.15) is 9.88 Å². The molecule has 0 saturated heterocycles. The predicted octanol–water partition coefficient (Wildman–Crippen LogP) is 5.12. The molecule has 0 aliphatic heterocycles. The fourth-order valence-electron chi connectivity index (χ4n) is 2.18. The van der Waals surface area contributed by atoms with E-state index >= 15 is 0 Å². The maximum atomic E-state index is 12.5. The van der Waals surface area contributed by atoms with E-state index < -0.39 is 0 Å². The molecule has 4 nitrogen and oxygen atoms in total. The minimum Gasteiger partial charge on any atom is -0.321 e. The second-order valence-corrected chi connectivity index (χ2v) is 8.45. The third-order valence-electron chi connectivity index (χ3n) is 3.47. The van der Waals surface area contributed by atoms with Gasteiger partial charge in [-0.1, -0.05) is 20.8 Å². The molecule has 0 atom stereocenters. The van der Waals surface area contributed by atoms with Gasteiger partial charge in [0.15, 0.2) is 0 Å². The molecule has 1 amide bonds. The van der Waals surface area contributed by atoms with Crippen LogP contribution in [0.2, 0.25) is 0 Å². The number of thiazole rings is 2. The zero-order chi connectivity index (χ0) is 17.3. The number of carbonyl (C=O) groups excluding carboxylic acids is 1. The first-order valence-electron chi connectivity index (χ1n) is 7.64. The van der Waals surface area contributed by atoms with Crippen molar-refractivity contribution in [2.75, 3.05) is 5.32 Å². The molecule has 0 unspecified atom stereocenters. The number of nitrogens with zero attached hydrogens (tertiary/aromatic N) is 2. The molecule has 1 N–H and O–H groups in total. The van der Waals surface area contributed by atoms with Gasteiger partial charge in [0, 0.05) is 28.2 Å². The lowest BCUT2D eigenvalue weighted by Crippen LogP contribution is -2.11. The summed E-state index contributed by atoms with van der Waals surface area (Å²) in [5, 5.41) is 6.85. The van der Waals surface area contributed by atoms with E-state index in [4.69, 9.17) is 0 Å². The van der Waals surface area contributed by atoms with E-state index in [0.29, 0.717) is 4.88 Å². The van der Waals surface area contributed by atoms with Crippen molar-refractivity contribution in [1.29, 1.82) is 0 Å². The molecule has 0 saturated carbocycles. The van der Waals surface area contributed by atoms with E-state index in [-0.39, 0.29) is 11.3 Å². The molecular formula is C18H19N3OS2. The first-order chi connectivity index (χ1) is 11.3. The molecule has 0 fully saturated rings. The standard InChI is InChI=1S/C18H19N3OS2/c1-11-14(24-17(20-11)18(2,3)4)15(22)21-13-7-5-12(6-8-13)16-19-9-10-23-16/h5-10H,1-4H3,(H,21,22). The third kappa shape index (κ3) is 3.55. The molecule has 124 valence electrons. The fraction of sp³-hybridized carbons (Fsp3) is 0.278. The number of nitrogens with one attached hydrogen (secondary N) is 1. The minimum atomic E-state index is -0.109. The van der Waals surface area contributed by atoms with E-state index in [0.717, 1.165) is 27.0 Å². The molecule has 2 aromatic heterocycles. The summed E-state index contributed by atoms with van der Waals surface area (Å²) < 4.78 is 0. The molecule has 24 heavy (non-hydrogen) atoms. The highest BCUT2D eigenvalue weighted by Crippen LogP contribution is 2.30. The lowest BCUT2D eigenvalue weighted by Gasteiger charge is -2.13. The zero-order valence-electron chi connectivity index (χ0n) is 14.1. The van der Waals surface area contributed by atoms with Gasteiger partial charge in [-0.05, 0) is 31.2 Å². The summed E-state index contributed by atoms with van der Waals surface area (Å²) in [6, 6.07) is 7.73. The second-order valence-electron chi connectivity index (χ2n) is 6.55. The van der Waals surface area contributed by atoms with Crippen molar-refractivity contribution >= 4 is 34.3 Å². The van der Waals surface area contributed by atoms with Gasteiger partial charge < -0.3 is 5.32 Å². The van der Waals surface area contributed by atoms with E-state index in [1.54, 1.807) is 17.5 Å². The van der Waals surface area contributed by atoms with Crippen molar-refractivity contribution in [3.8, 4) is 10.6 Å². The van der Waals surface area contributed by atoms with E-state index in [2.05, 4.69) is 36.1 Å². The summed E-state index contributed by atoms with van der Waals surface area (Å²) in [4.78, 5) is 22.0. The number of carbonyl (C=O) groups is 1. The van der Waals surface area contributed by atoms with Crippen LogP contribution in [0.1, 0.15) is 41.1 Å². The van der Waals surface area contributed by atoms with Crippen LogP contribution in [0.5, 0.6) is 0 Å². The number of amides is 1. The highest BCUT2D eigenvalue weighted by Gasteiger charge is 2.23. The number of hydrogen-bond donors (Lipinski definition) is 1. The summed E-state index contributed by atoms with van der Waals surface area (Å²) in [6.45, 7) is 8.19. The van der Waals surface area contributed by atoms with Crippen LogP contribution in [0.15, 0.2) is 35.8 Å². The zero-order valence-corrected chi connectivity index (χ0v) is 15.7. The second kappa shape index (κ2) is 6.45. The van der Waals surface area contributed by atoms with Gasteiger partial charge in [-0.15, -0.1) is 22.7 Å². The molecule has 1 aromatic carbocycles. The van der Waals surface area contributed by atoms with Gasteiger partial charge in [-0.3, -0.25) is 4.79 Å². The number of rotatable bonds is 3. The molecule has 0 aliphatic rings. The summed E-state index contributed by atoms with van der Waals surface area (Å²) >= 11 is 3.06. The van der Waals surface area contributed by atoms with Crippen molar-refractivity contribution in [1.82, 2.24) is 9.97 Å². The Hall–Kier alpha value is -2.05. The van der Waals surface area contributed by atoms with Crippen molar-refractivity contribution in [3.63, 3.8) is 0 Å². The Bertz CT molecular complexity index is 844. The highest BCUT2D eigenvalue weighted by molar-refractivity contribution is 7.14. The van der Waals surface area contributed by atoms with Gasteiger partial charge in [0.05, 0.1) is 10.7 Å². The van der Waals surface area contributed by atoms with Gasteiger partial charge in [0.25, 0.3) is 5.91 Å².